The van der Waals surface area contributed by atoms with E-state index in [-0.39, 0.29) is 16.3 Å². The molecule has 4 rings (SSSR count). The average molecular weight is 544 g/mol. The first-order valence-electron chi connectivity index (χ1n) is 10.8. The number of hydrazone groups is 1. The Balaban J connectivity index is 1.53. The number of hydrogen-bond donors (Lipinski definition) is 1. The number of aromatic nitrogens is 3. The number of nitrogens with one attached hydrogen (secondary N) is 1. The zero-order valence-electron chi connectivity index (χ0n) is 19.0. The molecule has 1 heterocycles. The Bertz CT molecular complexity index is 1360. The third kappa shape index (κ3) is 6.23. The Morgan fingerprint density at radius 2 is 1.86 bits per heavy atom. The fourth-order valence-electron chi connectivity index (χ4n) is 3.21. The van der Waals surface area contributed by atoms with Crippen molar-refractivity contribution in [3.05, 3.63) is 88.2 Å². The zero-order valence-corrected chi connectivity index (χ0v) is 21.3. The standard InChI is InChI=1S/C25H20Cl2FN5O2S/c1-2-35-19-12-10-18(11-13-19)33-24(16-6-8-17(26)9-7-16)31-32-25(33)36-15-23(34)30-29-14-20-21(27)4-3-5-22(20)28/h3-14H,2,15H2,1H3,(H,30,34)/b29-14-. The summed E-state index contributed by atoms with van der Waals surface area (Å²) in [5.74, 6) is 0.388. The summed E-state index contributed by atoms with van der Waals surface area (Å²) in [5, 5.41) is 13.8. The molecule has 0 saturated heterocycles. The quantitative estimate of drug-likeness (QED) is 0.158. The van der Waals surface area contributed by atoms with Crippen LogP contribution in [0.4, 0.5) is 4.39 Å². The molecule has 3 aromatic carbocycles. The summed E-state index contributed by atoms with van der Waals surface area (Å²) < 4.78 is 21.2. The molecule has 0 aliphatic heterocycles. The molecule has 0 fully saturated rings. The minimum Gasteiger partial charge on any atom is -0.494 e. The second-order valence-corrected chi connectivity index (χ2v) is 9.08. The van der Waals surface area contributed by atoms with Crippen LogP contribution in [0.25, 0.3) is 17.1 Å². The summed E-state index contributed by atoms with van der Waals surface area (Å²) in [6.45, 7) is 2.48. The number of hydrogen-bond acceptors (Lipinski definition) is 6. The number of carbonyl (C=O) groups excluding carboxylic acids is 1. The van der Waals surface area contributed by atoms with Crippen LogP contribution in [0.2, 0.25) is 10.0 Å². The highest BCUT2D eigenvalue weighted by molar-refractivity contribution is 7.99. The molecule has 0 radical (unpaired) electrons. The molecule has 11 heteroatoms. The van der Waals surface area contributed by atoms with E-state index in [1.165, 1.54) is 36.2 Å². The third-order valence-corrected chi connectivity index (χ3v) is 6.37. The van der Waals surface area contributed by atoms with Gasteiger partial charge in [-0.15, -0.1) is 10.2 Å². The maximum absolute atomic E-state index is 13.9. The largest absolute Gasteiger partial charge is 0.494 e. The summed E-state index contributed by atoms with van der Waals surface area (Å²) in [5.41, 5.74) is 4.07. The number of benzene rings is 3. The fourth-order valence-corrected chi connectivity index (χ4v) is 4.29. The van der Waals surface area contributed by atoms with Crippen molar-refractivity contribution in [3.8, 4) is 22.8 Å². The molecular weight excluding hydrogens is 524 g/mol. The average Bonchev–Trinajstić information content (AvgIpc) is 3.29. The van der Waals surface area contributed by atoms with Crippen molar-refractivity contribution in [2.45, 2.75) is 12.1 Å². The number of rotatable bonds is 9. The van der Waals surface area contributed by atoms with Crippen molar-refractivity contribution in [2.75, 3.05) is 12.4 Å². The van der Waals surface area contributed by atoms with E-state index in [2.05, 4.69) is 20.7 Å². The Hall–Kier alpha value is -3.40. The highest BCUT2D eigenvalue weighted by Gasteiger charge is 2.17. The predicted octanol–water partition coefficient (Wildman–Crippen LogP) is 6.02. The van der Waals surface area contributed by atoms with Gasteiger partial charge in [0.15, 0.2) is 11.0 Å². The maximum Gasteiger partial charge on any atom is 0.250 e. The number of nitrogens with zero attached hydrogens (tertiary/aromatic N) is 4. The smallest absolute Gasteiger partial charge is 0.250 e. The molecule has 0 spiro atoms. The van der Waals surface area contributed by atoms with E-state index in [9.17, 15) is 9.18 Å². The first kappa shape index (κ1) is 25.7. The van der Waals surface area contributed by atoms with Crippen LogP contribution in [0.15, 0.2) is 77.0 Å². The van der Waals surface area contributed by atoms with Crippen LogP contribution in [-0.2, 0) is 4.79 Å². The van der Waals surface area contributed by atoms with E-state index >= 15 is 0 Å². The minimum atomic E-state index is -0.534. The van der Waals surface area contributed by atoms with Crippen LogP contribution < -0.4 is 10.2 Å². The van der Waals surface area contributed by atoms with Gasteiger partial charge in [0.2, 0.25) is 0 Å². The summed E-state index contributed by atoms with van der Waals surface area (Å²) in [4.78, 5) is 12.4. The summed E-state index contributed by atoms with van der Waals surface area (Å²) in [7, 11) is 0. The molecule has 184 valence electrons. The van der Waals surface area contributed by atoms with Gasteiger partial charge in [0.1, 0.15) is 11.6 Å². The van der Waals surface area contributed by atoms with Crippen molar-refractivity contribution >= 4 is 47.1 Å². The fraction of sp³-hybridized carbons (Fsp3) is 0.120. The van der Waals surface area contributed by atoms with E-state index in [0.29, 0.717) is 22.6 Å². The van der Waals surface area contributed by atoms with Crippen LogP contribution in [0.5, 0.6) is 5.75 Å². The second-order valence-electron chi connectivity index (χ2n) is 7.29. The van der Waals surface area contributed by atoms with Gasteiger partial charge in [-0.2, -0.15) is 5.10 Å². The van der Waals surface area contributed by atoms with E-state index in [4.69, 9.17) is 27.9 Å². The zero-order chi connectivity index (χ0) is 25.5. The summed E-state index contributed by atoms with van der Waals surface area (Å²) >= 11 is 13.2. The minimum absolute atomic E-state index is 0.00186. The molecule has 0 aliphatic rings. The molecule has 7 nitrogen and oxygen atoms in total. The lowest BCUT2D eigenvalue weighted by Gasteiger charge is -2.11. The third-order valence-electron chi connectivity index (χ3n) is 4.86. The normalized spacial score (nSPS) is 11.1. The van der Waals surface area contributed by atoms with Gasteiger partial charge in [0.05, 0.1) is 23.6 Å². The number of thioether (sulfide) groups is 1. The molecule has 4 aromatic rings. The monoisotopic (exact) mass is 543 g/mol. The van der Waals surface area contributed by atoms with Gasteiger partial charge in [-0.05, 0) is 67.6 Å². The Labute approximate surface area is 221 Å². The van der Waals surface area contributed by atoms with Crippen LogP contribution in [-0.4, -0.2) is 39.2 Å². The Morgan fingerprint density at radius 1 is 1.11 bits per heavy atom. The first-order valence-corrected chi connectivity index (χ1v) is 12.5. The Kier molecular flexibility index (Phi) is 8.58. The van der Waals surface area contributed by atoms with Crippen LogP contribution in [0.1, 0.15) is 12.5 Å². The van der Waals surface area contributed by atoms with Crippen LogP contribution in [0.3, 0.4) is 0 Å². The van der Waals surface area contributed by atoms with Gasteiger partial charge in [-0.25, -0.2) is 9.82 Å². The summed E-state index contributed by atoms with van der Waals surface area (Å²) in [6, 6.07) is 19.0. The molecule has 0 atom stereocenters. The molecule has 1 aromatic heterocycles. The molecular formula is C25H20Cl2FN5O2S. The van der Waals surface area contributed by atoms with Gasteiger partial charge in [-0.3, -0.25) is 9.36 Å². The highest BCUT2D eigenvalue weighted by Crippen LogP contribution is 2.29. The topological polar surface area (TPSA) is 81.4 Å². The van der Waals surface area contributed by atoms with E-state index < -0.39 is 11.7 Å². The highest BCUT2D eigenvalue weighted by atomic mass is 35.5. The van der Waals surface area contributed by atoms with Crippen molar-refractivity contribution in [1.29, 1.82) is 0 Å². The van der Waals surface area contributed by atoms with Gasteiger partial charge in [0.25, 0.3) is 5.91 Å². The molecule has 1 amide bonds. The second kappa shape index (κ2) is 12.0. The van der Waals surface area contributed by atoms with E-state index in [1.54, 1.807) is 12.1 Å². The number of amides is 1. The Morgan fingerprint density at radius 3 is 2.56 bits per heavy atom. The number of halogens is 3. The molecule has 0 aliphatic carbocycles. The van der Waals surface area contributed by atoms with E-state index in [1.807, 2.05) is 47.9 Å². The predicted molar refractivity (Wildman–Crippen MR) is 141 cm³/mol. The van der Waals surface area contributed by atoms with Gasteiger partial charge < -0.3 is 4.74 Å². The van der Waals surface area contributed by atoms with Gasteiger partial charge >= 0.3 is 0 Å². The lowest BCUT2D eigenvalue weighted by Crippen LogP contribution is -2.20. The number of ether oxygens (including phenoxy) is 1. The lowest BCUT2D eigenvalue weighted by atomic mass is 10.2. The van der Waals surface area contributed by atoms with Crippen molar-refractivity contribution < 1.29 is 13.9 Å². The van der Waals surface area contributed by atoms with E-state index in [0.717, 1.165) is 17.0 Å². The van der Waals surface area contributed by atoms with Crippen molar-refractivity contribution in [1.82, 2.24) is 20.2 Å². The van der Waals surface area contributed by atoms with Crippen molar-refractivity contribution in [2.24, 2.45) is 5.10 Å². The van der Waals surface area contributed by atoms with Gasteiger partial charge in [0, 0.05) is 21.8 Å². The lowest BCUT2D eigenvalue weighted by molar-refractivity contribution is -0.118. The van der Waals surface area contributed by atoms with Crippen molar-refractivity contribution in [3.63, 3.8) is 0 Å². The number of carbonyl (C=O) groups is 1. The summed E-state index contributed by atoms with van der Waals surface area (Å²) in [6.07, 6.45) is 1.17. The van der Waals surface area contributed by atoms with Gasteiger partial charge in [-0.1, -0.05) is 41.0 Å². The van der Waals surface area contributed by atoms with Crippen LogP contribution in [0, 0.1) is 5.82 Å². The maximum atomic E-state index is 13.9. The molecule has 36 heavy (non-hydrogen) atoms. The molecule has 1 N–H and O–H groups in total. The van der Waals surface area contributed by atoms with Crippen LogP contribution >= 0.6 is 35.0 Å². The first-order chi connectivity index (χ1) is 17.5. The SMILES string of the molecule is CCOc1ccc(-n2c(SCC(=O)N/N=C\c3c(F)cccc3Cl)nnc2-c2ccc(Cl)cc2)cc1. The molecule has 0 bridgehead atoms. The molecule has 0 saturated carbocycles. The molecule has 0 unspecified atom stereocenters.